The first-order chi connectivity index (χ1) is 23.2. The molecule has 47 heavy (non-hydrogen) atoms. The van der Waals surface area contributed by atoms with Gasteiger partial charge in [0.05, 0.1) is 5.75 Å². The Balaban J connectivity index is 0.897. The smallest absolute Gasteiger partial charge is 0.205 e. The molecule has 7 rings (SSSR count). The van der Waals surface area contributed by atoms with Gasteiger partial charge in [-0.25, -0.2) is 0 Å². The molecular weight excluding hydrogens is 613 g/mol. The quantitative estimate of drug-likeness (QED) is 0.119. The number of fused-ring (bicyclic) bond motifs is 1. The highest BCUT2D eigenvalue weighted by Gasteiger charge is 2.24. The van der Waals surface area contributed by atoms with Crippen LogP contribution in [0.3, 0.4) is 0 Å². The summed E-state index contributed by atoms with van der Waals surface area (Å²) >= 11 is 0. The van der Waals surface area contributed by atoms with E-state index >= 15 is 0 Å². The van der Waals surface area contributed by atoms with Gasteiger partial charge in [0.25, 0.3) is 0 Å². The van der Waals surface area contributed by atoms with Crippen molar-refractivity contribution in [2.75, 3.05) is 54.4 Å². The zero-order chi connectivity index (χ0) is 31.8. The van der Waals surface area contributed by atoms with Gasteiger partial charge in [-0.05, 0) is 127 Å². The van der Waals surface area contributed by atoms with E-state index in [2.05, 4.69) is 118 Å². The van der Waals surface area contributed by atoms with Crippen molar-refractivity contribution in [3.63, 3.8) is 0 Å². The Morgan fingerprint density at radius 1 is 0.851 bits per heavy atom. The van der Waals surface area contributed by atoms with Gasteiger partial charge in [0.2, 0.25) is 5.69 Å². The Labute approximate surface area is 290 Å². The summed E-state index contributed by atoms with van der Waals surface area (Å²) in [4.78, 5) is 5.14. The summed E-state index contributed by atoms with van der Waals surface area (Å²) in [5.41, 5.74) is 14.2. The Hall–Kier alpha value is -3.35. The molecule has 4 nitrogen and oxygen atoms in total. The molecule has 0 aliphatic carbocycles. The maximum absolute atomic E-state index is 3.63. The number of anilines is 2. The molecule has 6 heteroatoms. The van der Waals surface area contributed by atoms with Gasteiger partial charge in [0, 0.05) is 73.8 Å². The average Bonchev–Trinajstić information content (AvgIpc) is 3.12. The Morgan fingerprint density at radius 3 is 2.47 bits per heavy atom. The predicted octanol–water partition coefficient (Wildman–Crippen LogP) is 8.61. The molecule has 2 aromatic carbocycles. The summed E-state index contributed by atoms with van der Waals surface area (Å²) in [5, 5.41) is 3.63. The first kappa shape index (κ1) is 32.2. The van der Waals surface area contributed by atoms with Crippen LogP contribution in [0.5, 0.6) is 0 Å². The molecule has 244 valence electrons. The molecule has 3 aromatic rings. The van der Waals surface area contributed by atoms with Crippen molar-refractivity contribution in [1.82, 2.24) is 4.90 Å². The monoisotopic (exact) mass is 661 g/mol. The van der Waals surface area contributed by atoms with Crippen LogP contribution >= 0.6 is 21.6 Å². The highest BCUT2D eigenvalue weighted by molar-refractivity contribution is 8.76. The minimum absolute atomic E-state index is 0.988. The summed E-state index contributed by atoms with van der Waals surface area (Å²) in [5.74, 6) is 2.20. The Bertz CT molecular complexity index is 1640. The zero-order valence-electron chi connectivity index (χ0n) is 27.9. The van der Waals surface area contributed by atoms with Crippen molar-refractivity contribution in [3.05, 3.63) is 118 Å². The summed E-state index contributed by atoms with van der Waals surface area (Å²) in [6.07, 6.45) is 26.7. The minimum Gasteiger partial charge on any atom is -0.385 e. The van der Waals surface area contributed by atoms with Crippen molar-refractivity contribution >= 4 is 51.2 Å². The molecule has 0 saturated heterocycles. The number of aromatic nitrogens is 1. The van der Waals surface area contributed by atoms with Crippen molar-refractivity contribution in [2.45, 2.75) is 58.4 Å². The fourth-order valence-corrected chi connectivity index (χ4v) is 9.52. The molecule has 0 spiro atoms. The number of nitrogens with one attached hydrogen (secondary N) is 1. The van der Waals surface area contributed by atoms with Crippen molar-refractivity contribution in [2.24, 2.45) is 0 Å². The minimum atomic E-state index is 0.988. The highest BCUT2D eigenvalue weighted by Crippen LogP contribution is 2.36. The summed E-state index contributed by atoms with van der Waals surface area (Å²) in [6.45, 7) is 8.88. The van der Waals surface area contributed by atoms with Crippen molar-refractivity contribution < 1.29 is 4.57 Å². The number of rotatable bonds is 12. The third kappa shape index (κ3) is 7.87. The largest absolute Gasteiger partial charge is 0.385 e. The van der Waals surface area contributed by atoms with E-state index in [1.807, 2.05) is 21.6 Å². The molecular formula is C41H49N4S2+. The lowest BCUT2D eigenvalue weighted by Gasteiger charge is -2.37. The van der Waals surface area contributed by atoms with Crippen LogP contribution in [0.15, 0.2) is 78.7 Å². The van der Waals surface area contributed by atoms with Crippen molar-refractivity contribution in [1.29, 1.82) is 0 Å². The molecule has 1 aromatic heterocycles. The van der Waals surface area contributed by atoms with Gasteiger partial charge in [-0.15, -0.1) is 0 Å². The highest BCUT2D eigenvalue weighted by atomic mass is 33.1. The molecule has 0 radical (unpaired) electrons. The number of hydrogen-bond donors (Lipinski definition) is 1. The maximum Gasteiger partial charge on any atom is 0.205 e. The third-order valence-corrected chi connectivity index (χ3v) is 12.3. The van der Waals surface area contributed by atoms with Crippen LogP contribution in [0, 0.1) is 0 Å². The molecule has 0 unspecified atom stereocenters. The number of hydrogen-bond acceptors (Lipinski definition) is 5. The predicted molar refractivity (Wildman–Crippen MR) is 206 cm³/mol. The number of allylic oxidation sites excluding steroid dienone is 3. The Kier molecular flexibility index (Phi) is 10.8. The van der Waals surface area contributed by atoms with E-state index in [0.717, 1.165) is 44.1 Å². The van der Waals surface area contributed by atoms with E-state index in [0.29, 0.717) is 0 Å². The molecule has 0 amide bonds. The maximum atomic E-state index is 3.63. The van der Waals surface area contributed by atoms with Gasteiger partial charge in [0.15, 0.2) is 12.7 Å². The topological polar surface area (TPSA) is 22.4 Å². The summed E-state index contributed by atoms with van der Waals surface area (Å²) < 4.78 is 2.39. The first-order valence-electron chi connectivity index (χ1n) is 17.8. The molecule has 4 aliphatic heterocycles. The number of aryl methyl sites for hydroxylation is 5. The van der Waals surface area contributed by atoms with E-state index < -0.39 is 0 Å². The lowest BCUT2D eigenvalue weighted by Crippen LogP contribution is -2.37. The fraction of sp³-hybridized carbons (Fsp3) is 0.390. The van der Waals surface area contributed by atoms with Gasteiger partial charge in [-0.2, -0.15) is 4.57 Å². The fourth-order valence-electron chi connectivity index (χ4n) is 7.57. The number of nitrogens with zero attached hydrogens (tertiary/aromatic N) is 3. The average molecular weight is 662 g/mol. The standard InChI is InChI=1S/C41H48N4S2/c1-2-34-28-32(29-35-10-7-19-42-40(34)35)15-17-38-13-3-5-20-43(38)24-26-46-47-27-25-44-21-6-4-14-39(44)18-16-33-30-36-11-8-22-45-23-9-12-37(31-33)41(36)45/h3-6,13-18,20,28-31H,2,7-12,19,21-27H2,1H3/p+1/b18-16+. The van der Waals surface area contributed by atoms with Gasteiger partial charge in [-0.1, -0.05) is 46.7 Å². The van der Waals surface area contributed by atoms with Crippen LogP contribution in [0.4, 0.5) is 11.4 Å². The second-order valence-corrected chi connectivity index (χ2v) is 15.8. The lowest BCUT2D eigenvalue weighted by atomic mass is 9.90. The van der Waals surface area contributed by atoms with Gasteiger partial charge < -0.3 is 15.1 Å². The van der Waals surface area contributed by atoms with Gasteiger partial charge >= 0.3 is 0 Å². The van der Waals surface area contributed by atoms with E-state index in [9.17, 15) is 0 Å². The lowest BCUT2D eigenvalue weighted by molar-refractivity contribution is -0.694. The third-order valence-electron chi connectivity index (χ3n) is 9.89. The summed E-state index contributed by atoms with van der Waals surface area (Å²) in [7, 11) is 3.99. The molecule has 5 heterocycles. The van der Waals surface area contributed by atoms with Crippen LogP contribution in [0.25, 0.3) is 18.2 Å². The van der Waals surface area contributed by atoms with E-state index in [-0.39, 0.29) is 0 Å². The molecule has 0 saturated carbocycles. The van der Waals surface area contributed by atoms with Crippen LogP contribution in [-0.4, -0.2) is 49.1 Å². The van der Waals surface area contributed by atoms with Crippen molar-refractivity contribution in [3.8, 4) is 0 Å². The first-order valence-corrected chi connectivity index (χ1v) is 20.3. The summed E-state index contributed by atoms with van der Waals surface area (Å²) in [6, 6.07) is 16.2. The van der Waals surface area contributed by atoms with Gasteiger partial charge in [-0.3, -0.25) is 0 Å². The van der Waals surface area contributed by atoms with E-state index in [1.54, 1.807) is 16.8 Å². The normalized spacial score (nSPS) is 17.2. The number of pyridine rings is 1. The van der Waals surface area contributed by atoms with E-state index in [1.165, 1.54) is 90.9 Å². The zero-order valence-corrected chi connectivity index (χ0v) is 29.6. The van der Waals surface area contributed by atoms with Gasteiger partial charge in [0.1, 0.15) is 0 Å². The molecule has 1 N–H and O–H groups in total. The molecule has 0 bridgehead atoms. The molecule has 0 atom stereocenters. The van der Waals surface area contributed by atoms with Crippen LogP contribution in [0.2, 0.25) is 0 Å². The van der Waals surface area contributed by atoms with E-state index in [4.69, 9.17) is 0 Å². The molecule has 0 fully saturated rings. The van der Waals surface area contributed by atoms with Crippen LogP contribution < -0.4 is 14.8 Å². The van der Waals surface area contributed by atoms with Crippen LogP contribution in [-0.2, 0) is 32.2 Å². The second-order valence-electron chi connectivity index (χ2n) is 13.1. The number of benzene rings is 2. The second kappa shape index (κ2) is 15.7. The van der Waals surface area contributed by atoms with Crippen LogP contribution in [0.1, 0.15) is 65.3 Å². The Morgan fingerprint density at radius 2 is 1.62 bits per heavy atom. The molecule has 4 aliphatic rings. The SMILES string of the molecule is CCc1cc(/C=C/c2cccc[n+]2CCSSCCN2CC=CC=C2/C=C/c2cc3c4c(c2)CCCN4CCC3)cc2c1NCCC2.